The van der Waals surface area contributed by atoms with Gasteiger partial charge in [-0.1, -0.05) is 84.9 Å². The molecule has 0 atom stereocenters. The molecule has 0 fully saturated rings. The van der Waals surface area contributed by atoms with Crippen LogP contribution < -0.4 is 26.2 Å². The fourth-order valence-corrected chi connectivity index (χ4v) is 9.62. The minimum Gasteiger partial charge on any atom is -0.311 e. The van der Waals surface area contributed by atoms with Gasteiger partial charge in [0.1, 0.15) is 5.82 Å². The summed E-state index contributed by atoms with van der Waals surface area (Å²) in [5, 5.41) is 2.41. The van der Waals surface area contributed by atoms with Crippen molar-refractivity contribution in [1.82, 2.24) is 14.5 Å². The first-order valence-corrected chi connectivity index (χ1v) is 19.4. The molecule has 0 aliphatic carbocycles. The highest BCUT2D eigenvalue weighted by molar-refractivity contribution is 7.00. The molecule has 5 heterocycles. The number of rotatable bonds is 4. The second-order valence-corrected chi connectivity index (χ2v) is 15.3. The van der Waals surface area contributed by atoms with E-state index in [9.17, 15) is 0 Å². The fraction of sp³-hybridized carbons (Fsp3) is 0.0800. The van der Waals surface area contributed by atoms with Crippen molar-refractivity contribution in [3.05, 3.63) is 180 Å². The van der Waals surface area contributed by atoms with Gasteiger partial charge in [-0.05, 0) is 133 Å². The van der Waals surface area contributed by atoms with Gasteiger partial charge in [-0.25, -0.2) is 4.98 Å². The minimum absolute atomic E-state index is 0.0596. The maximum absolute atomic E-state index is 4.90. The fourth-order valence-electron chi connectivity index (χ4n) is 9.62. The minimum atomic E-state index is -0.0596. The lowest BCUT2D eigenvalue weighted by atomic mass is 9.33. The highest BCUT2D eigenvalue weighted by Crippen LogP contribution is 2.48. The zero-order chi connectivity index (χ0) is 37.7. The average molecular weight is 720 g/mol. The van der Waals surface area contributed by atoms with Crippen LogP contribution in [0.4, 0.5) is 34.1 Å². The van der Waals surface area contributed by atoms with Crippen molar-refractivity contribution in [2.45, 2.75) is 27.7 Å². The molecule has 0 saturated heterocycles. The number of fused-ring (bicyclic) bond motifs is 7. The van der Waals surface area contributed by atoms with E-state index in [0.717, 1.165) is 28.1 Å². The maximum Gasteiger partial charge on any atom is 0.252 e. The van der Waals surface area contributed by atoms with Gasteiger partial charge in [0.15, 0.2) is 0 Å². The number of hydrogen-bond acceptors (Lipinski definition) is 4. The van der Waals surface area contributed by atoms with E-state index in [1.54, 1.807) is 0 Å². The van der Waals surface area contributed by atoms with E-state index in [2.05, 4.69) is 176 Å². The van der Waals surface area contributed by atoms with Gasteiger partial charge in [0.05, 0.1) is 28.1 Å². The summed E-state index contributed by atoms with van der Waals surface area (Å²) in [6.45, 7) is 8.89. The molecular weight excluding hydrogens is 681 g/mol. The molecule has 0 saturated carbocycles. The number of benzene rings is 6. The molecule has 56 heavy (non-hydrogen) atoms. The van der Waals surface area contributed by atoms with E-state index >= 15 is 0 Å². The molecule has 0 bridgehead atoms. The summed E-state index contributed by atoms with van der Waals surface area (Å²) in [4.78, 5) is 14.8. The zero-order valence-corrected chi connectivity index (χ0v) is 31.8. The van der Waals surface area contributed by atoms with E-state index in [-0.39, 0.29) is 6.71 Å². The van der Waals surface area contributed by atoms with Crippen molar-refractivity contribution in [2.75, 3.05) is 9.80 Å². The Balaban J connectivity index is 1.31. The van der Waals surface area contributed by atoms with E-state index < -0.39 is 0 Å². The third kappa shape index (κ3) is 4.62. The number of aromatic nitrogens is 3. The maximum atomic E-state index is 4.90. The van der Waals surface area contributed by atoms with Crippen LogP contribution in [0.1, 0.15) is 22.3 Å². The lowest BCUT2D eigenvalue weighted by Gasteiger charge is -2.45. The second-order valence-electron chi connectivity index (χ2n) is 15.3. The van der Waals surface area contributed by atoms with Crippen LogP contribution in [-0.2, 0) is 0 Å². The van der Waals surface area contributed by atoms with Gasteiger partial charge in [-0.2, -0.15) is 0 Å². The van der Waals surface area contributed by atoms with Gasteiger partial charge >= 0.3 is 0 Å². The molecule has 9 aromatic rings. The van der Waals surface area contributed by atoms with E-state index in [1.165, 1.54) is 83.5 Å². The summed E-state index contributed by atoms with van der Waals surface area (Å²) in [6.07, 6.45) is 3.77. The number of hydrogen-bond donors (Lipinski definition) is 0. The summed E-state index contributed by atoms with van der Waals surface area (Å²) < 4.78 is 2.34. The van der Waals surface area contributed by atoms with Crippen LogP contribution in [0.25, 0.3) is 38.9 Å². The van der Waals surface area contributed by atoms with E-state index in [1.807, 2.05) is 24.5 Å². The summed E-state index contributed by atoms with van der Waals surface area (Å²) in [5.74, 6) is 0.907. The molecule has 0 amide bonds. The van der Waals surface area contributed by atoms with Crippen molar-refractivity contribution in [3.63, 3.8) is 0 Å². The lowest BCUT2D eigenvalue weighted by Crippen LogP contribution is -2.61. The average Bonchev–Trinajstić information content (AvgIpc) is 3.55. The molecule has 5 nitrogen and oxygen atoms in total. The topological polar surface area (TPSA) is 37.2 Å². The molecule has 266 valence electrons. The number of pyridine rings is 2. The molecule has 2 aliphatic rings. The van der Waals surface area contributed by atoms with E-state index in [0.29, 0.717) is 0 Å². The molecule has 6 aromatic carbocycles. The van der Waals surface area contributed by atoms with Crippen LogP contribution >= 0.6 is 0 Å². The second kappa shape index (κ2) is 12.3. The third-order valence-electron chi connectivity index (χ3n) is 11.9. The summed E-state index contributed by atoms with van der Waals surface area (Å²) in [5.41, 5.74) is 20.4. The van der Waals surface area contributed by atoms with Gasteiger partial charge < -0.3 is 9.80 Å². The van der Waals surface area contributed by atoms with Crippen LogP contribution in [0.15, 0.2) is 158 Å². The Labute approximate surface area is 327 Å². The van der Waals surface area contributed by atoms with Crippen molar-refractivity contribution >= 4 is 79.0 Å². The van der Waals surface area contributed by atoms with Crippen molar-refractivity contribution in [1.29, 1.82) is 0 Å². The summed E-state index contributed by atoms with van der Waals surface area (Å²) >= 11 is 0. The molecule has 0 unspecified atom stereocenters. The SMILES string of the molecule is Cc1cccc(C)c1N1c2ccc(-c3ccccn3)cc2B2c3cc4c(cc3N(c3c(C)cccc3C)c3cccc1c32)c1ccccc1n4-c1ccccn1. The van der Waals surface area contributed by atoms with Crippen molar-refractivity contribution in [3.8, 4) is 17.1 Å². The Hall–Kier alpha value is -6.92. The van der Waals surface area contributed by atoms with Crippen LogP contribution in [0.3, 0.4) is 0 Å². The molecule has 0 radical (unpaired) electrons. The molecule has 0 spiro atoms. The predicted octanol–water partition coefficient (Wildman–Crippen LogP) is 10.6. The lowest BCUT2D eigenvalue weighted by molar-refractivity contribution is 1.08. The molecule has 11 rings (SSSR count). The van der Waals surface area contributed by atoms with Gasteiger partial charge in [0.25, 0.3) is 6.71 Å². The zero-order valence-electron chi connectivity index (χ0n) is 31.8. The molecular formula is C50H38BN5. The van der Waals surface area contributed by atoms with Crippen LogP contribution in [0.5, 0.6) is 0 Å². The first-order chi connectivity index (χ1) is 27.5. The number of para-hydroxylation sites is 3. The van der Waals surface area contributed by atoms with Crippen LogP contribution in [0.2, 0.25) is 0 Å². The largest absolute Gasteiger partial charge is 0.311 e. The Morgan fingerprint density at radius 1 is 0.446 bits per heavy atom. The Kier molecular flexibility index (Phi) is 7.14. The normalized spacial score (nSPS) is 12.9. The monoisotopic (exact) mass is 719 g/mol. The van der Waals surface area contributed by atoms with Gasteiger partial charge in [0.2, 0.25) is 0 Å². The molecule has 6 heteroatoms. The molecule has 2 aliphatic heterocycles. The number of aryl methyl sites for hydroxylation is 4. The van der Waals surface area contributed by atoms with Crippen molar-refractivity contribution in [2.24, 2.45) is 0 Å². The Bertz CT molecular complexity index is 3000. The smallest absolute Gasteiger partial charge is 0.252 e. The summed E-state index contributed by atoms with van der Waals surface area (Å²) in [6, 6.07) is 53.2. The van der Waals surface area contributed by atoms with Gasteiger partial charge in [-0.3, -0.25) is 9.55 Å². The molecule has 0 N–H and O–H groups in total. The standard InChI is InChI=1S/C50H38BN5/c1-31-14-11-15-32(2)49(31)55-42-25-24-35(40-19-7-9-26-52-40)28-38(42)51-39-30-45-37(36-18-5-6-20-41(36)54(45)47-23-8-10-27-53-47)29-46(39)56(44-22-13-21-43(55)48(44)51)50-33(3)16-12-17-34(50)4/h5-30H,1-4H3. The van der Waals surface area contributed by atoms with Gasteiger partial charge in [0, 0.05) is 45.9 Å². The van der Waals surface area contributed by atoms with Crippen LogP contribution in [0, 0.1) is 27.7 Å². The highest BCUT2D eigenvalue weighted by Gasteiger charge is 2.44. The first-order valence-electron chi connectivity index (χ1n) is 19.4. The van der Waals surface area contributed by atoms with Gasteiger partial charge in [-0.15, -0.1) is 0 Å². The third-order valence-corrected chi connectivity index (χ3v) is 11.9. The number of anilines is 6. The summed E-state index contributed by atoms with van der Waals surface area (Å²) in [7, 11) is 0. The van der Waals surface area contributed by atoms with Crippen molar-refractivity contribution < 1.29 is 0 Å². The predicted molar refractivity (Wildman–Crippen MR) is 235 cm³/mol. The van der Waals surface area contributed by atoms with Crippen LogP contribution in [-0.4, -0.2) is 21.2 Å². The Morgan fingerprint density at radius 2 is 1.05 bits per heavy atom. The number of nitrogens with zero attached hydrogens (tertiary/aromatic N) is 5. The van der Waals surface area contributed by atoms with E-state index in [4.69, 9.17) is 9.97 Å². The molecule has 3 aromatic heterocycles. The Morgan fingerprint density at radius 3 is 1.71 bits per heavy atom. The quantitative estimate of drug-likeness (QED) is 0.170. The first kappa shape index (κ1) is 32.5. The highest BCUT2D eigenvalue weighted by atomic mass is 15.2.